The third-order valence-corrected chi connectivity index (χ3v) is 5.63. The molecule has 0 saturated carbocycles. The van der Waals surface area contributed by atoms with Gasteiger partial charge in [-0.3, -0.25) is 9.78 Å². The molecule has 0 unspecified atom stereocenters. The normalized spacial score (nSPS) is 14.1. The molecule has 1 aromatic carbocycles. The average molecular weight is 443 g/mol. The number of pyridine rings is 2. The van der Waals surface area contributed by atoms with Gasteiger partial charge in [0.2, 0.25) is 5.91 Å². The maximum atomic E-state index is 12.2. The maximum absolute atomic E-state index is 12.2. The standard InChI is InChI=1S/C27H30N4O2/c32-27(30-20-23-10-14-26(29-19-23)31-17-5-1-2-6-18-31)15-11-22-8-12-25(13-9-22)33-21-24-7-3-4-16-28-24/h3-4,7-16,19H,1-2,5-6,17-18,20-21H2,(H,30,32). The topological polar surface area (TPSA) is 67.3 Å². The summed E-state index contributed by atoms with van der Waals surface area (Å²) in [6.45, 7) is 3.03. The summed E-state index contributed by atoms with van der Waals surface area (Å²) in [6, 6.07) is 17.5. The zero-order valence-electron chi connectivity index (χ0n) is 18.8. The molecule has 6 nitrogen and oxygen atoms in total. The smallest absolute Gasteiger partial charge is 0.244 e. The summed E-state index contributed by atoms with van der Waals surface area (Å²) < 4.78 is 5.74. The summed E-state index contributed by atoms with van der Waals surface area (Å²) >= 11 is 0. The number of amides is 1. The molecule has 4 rings (SSSR count). The van der Waals surface area contributed by atoms with Crippen LogP contribution in [0.2, 0.25) is 0 Å². The molecule has 33 heavy (non-hydrogen) atoms. The first-order valence-corrected chi connectivity index (χ1v) is 11.5. The van der Waals surface area contributed by atoms with E-state index in [0.29, 0.717) is 13.2 Å². The molecule has 0 bridgehead atoms. The van der Waals surface area contributed by atoms with Gasteiger partial charge in [-0.15, -0.1) is 0 Å². The van der Waals surface area contributed by atoms with E-state index in [0.717, 1.165) is 41.5 Å². The monoisotopic (exact) mass is 442 g/mol. The second-order valence-electron chi connectivity index (χ2n) is 8.16. The Morgan fingerprint density at radius 2 is 1.79 bits per heavy atom. The number of carbonyl (C=O) groups excluding carboxylic acids is 1. The minimum absolute atomic E-state index is 0.137. The van der Waals surface area contributed by atoms with Gasteiger partial charge in [0, 0.05) is 38.1 Å². The molecule has 1 amide bonds. The quantitative estimate of drug-likeness (QED) is 0.509. The zero-order chi connectivity index (χ0) is 22.7. The van der Waals surface area contributed by atoms with Gasteiger partial charge in [-0.05, 0) is 60.4 Å². The van der Waals surface area contributed by atoms with Gasteiger partial charge in [0.15, 0.2) is 0 Å². The lowest BCUT2D eigenvalue weighted by Crippen LogP contribution is -2.25. The molecule has 1 saturated heterocycles. The van der Waals surface area contributed by atoms with Crippen molar-refractivity contribution in [3.05, 3.63) is 89.9 Å². The Labute approximate surface area is 195 Å². The van der Waals surface area contributed by atoms with E-state index in [9.17, 15) is 4.79 Å². The van der Waals surface area contributed by atoms with Gasteiger partial charge in [0.1, 0.15) is 18.2 Å². The number of carbonyl (C=O) groups is 1. The molecule has 3 aromatic rings. The number of aromatic nitrogens is 2. The lowest BCUT2D eigenvalue weighted by molar-refractivity contribution is -0.116. The van der Waals surface area contributed by atoms with Crippen LogP contribution in [0.5, 0.6) is 5.75 Å². The Kier molecular flexibility index (Phi) is 8.06. The van der Waals surface area contributed by atoms with E-state index in [2.05, 4.69) is 26.3 Å². The molecule has 1 fully saturated rings. The number of hydrogen-bond acceptors (Lipinski definition) is 5. The van der Waals surface area contributed by atoms with Crippen LogP contribution in [-0.2, 0) is 17.9 Å². The molecular formula is C27H30N4O2. The number of hydrogen-bond donors (Lipinski definition) is 1. The predicted molar refractivity (Wildman–Crippen MR) is 131 cm³/mol. The summed E-state index contributed by atoms with van der Waals surface area (Å²) in [7, 11) is 0. The third-order valence-electron chi connectivity index (χ3n) is 5.63. The highest BCUT2D eigenvalue weighted by Gasteiger charge is 2.10. The highest BCUT2D eigenvalue weighted by atomic mass is 16.5. The summed E-state index contributed by atoms with van der Waals surface area (Å²) in [5, 5.41) is 2.92. The summed E-state index contributed by atoms with van der Waals surface area (Å²) in [6.07, 6.45) is 12.0. The van der Waals surface area contributed by atoms with Crippen LogP contribution in [0.3, 0.4) is 0 Å². The van der Waals surface area contributed by atoms with Crippen LogP contribution < -0.4 is 15.0 Å². The van der Waals surface area contributed by atoms with Crippen molar-refractivity contribution in [2.45, 2.75) is 38.8 Å². The van der Waals surface area contributed by atoms with Crippen molar-refractivity contribution in [2.75, 3.05) is 18.0 Å². The van der Waals surface area contributed by atoms with Crippen LogP contribution in [0.4, 0.5) is 5.82 Å². The lowest BCUT2D eigenvalue weighted by Gasteiger charge is -2.21. The second-order valence-corrected chi connectivity index (χ2v) is 8.16. The molecule has 0 atom stereocenters. The van der Waals surface area contributed by atoms with Crippen molar-refractivity contribution in [3.63, 3.8) is 0 Å². The second kappa shape index (κ2) is 11.8. The third kappa shape index (κ3) is 7.17. The summed E-state index contributed by atoms with van der Waals surface area (Å²) in [5.74, 6) is 1.65. The number of rotatable bonds is 8. The Bertz CT molecular complexity index is 1030. The minimum atomic E-state index is -0.137. The van der Waals surface area contributed by atoms with E-state index >= 15 is 0 Å². The van der Waals surface area contributed by atoms with E-state index in [1.807, 2.05) is 54.7 Å². The van der Waals surface area contributed by atoms with Gasteiger partial charge in [0.25, 0.3) is 0 Å². The fourth-order valence-corrected chi connectivity index (χ4v) is 3.74. The van der Waals surface area contributed by atoms with Crippen molar-refractivity contribution in [3.8, 4) is 5.75 Å². The van der Waals surface area contributed by atoms with Crippen molar-refractivity contribution < 1.29 is 9.53 Å². The molecule has 0 radical (unpaired) electrons. The van der Waals surface area contributed by atoms with Gasteiger partial charge in [-0.1, -0.05) is 37.1 Å². The van der Waals surface area contributed by atoms with Crippen molar-refractivity contribution >= 4 is 17.8 Å². The first-order valence-electron chi connectivity index (χ1n) is 11.5. The number of nitrogens with one attached hydrogen (secondary N) is 1. The fourth-order valence-electron chi connectivity index (χ4n) is 3.74. The highest BCUT2D eigenvalue weighted by molar-refractivity contribution is 5.91. The molecule has 1 aliphatic heterocycles. The van der Waals surface area contributed by atoms with Crippen LogP contribution >= 0.6 is 0 Å². The van der Waals surface area contributed by atoms with Gasteiger partial charge < -0.3 is 15.0 Å². The van der Waals surface area contributed by atoms with Crippen molar-refractivity contribution in [1.82, 2.24) is 15.3 Å². The molecule has 1 N–H and O–H groups in total. The van der Waals surface area contributed by atoms with E-state index in [4.69, 9.17) is 4.74 Å². The first-order chi connectivity index (χ1) is 16.3. The fraction of sp³-hybridized carbons (Fsp3) is 0.296. The Morgan fingerprint density at radius 3 is 2.48 bits per heavy atom. The summed E-state index contributed by atoms with van der Waals surface area (Å²) in [5.41, 5.74) is 2.80. The average Bonchev–Trinajstić information content (AvgIpc) is 3.16. The molecule has 6 heteroatoms. The molecule has 2 aromatic heterocycles. The van der Waals surface area contributed by atoms with Crippen LogP contribution in [0.25, 0.3) is 6.08 Å². The van der Waals surface area contributed by atoms with Gasteiger partial charge in [-0.2, -0.15) is 0 Å². The Hall–Kier alpha value is -3.67. The summed E-state index contributed by atoms with van der Waals surface area (Å²) in [4.78, 5) is 23.4. The number of benzene rings is 1. The van der Waals surface area contributed by atoms with Gasteiger partial charge in [-0.25, -0.2) is 4.98 Å². The number of nitrogens with zero attached hydrogens (tertiary/aromatic N) is 3. The Balaban J connectivity index is 1.21. The minimum Gasteiger partial charge on any atom is -0.487 e. The molecule has 0 spiro atoms. The van der Waals surface area contributed by atoms with Crippen LogP contribution in [0.1, 0.15) is 42.5 Å². The van der Waals surface area contributed by atoms with Gasteiger partial charge in [0.05, 0.1) is 5.69 Å². The Morgan fingerprint density at radius 1 is 0.970 bits per heavy atom. The molecule has 3 heterocycles. The molecule has 0 aliphatic carbocycles. The molecular weight excluding hydrogens is 412 g/mol. The number of ether oxygens (including phenoxy) is 1. The molecule has 1 aliphatic rings. The predicted octanol–water partition coefficient (Wildman–Crippen LogP) is 4.77. The largest absolute Gasteiger partial charge is 0.487 e. The van der Waals surface area contributed by atoms with Gasteiger partial charge >= 0.3 is 0 Å². The zero-order valence-corrected chi connectivity index (χ0v) is 18.8. The van der Waals surface area contributed by atoms with Crippen LogP contribution in [0, 0.1) is 0 Å². The van der Waals surface area contributed by atoms with E-state index in [1.54, 1.807) is 18.3 Å². The SMILES string of the molecule is O=C(C=Cc1ccc(OCc2ccccn2)cc1)NCc1ccc(N2CCCCCC2)nc1. The van der Waals surface area contributed by atoms with E-state index < -0.39 is 0 Å². The van der Waals surface area contributed by atoms with E-state index in [1.165, 1.54) is 25.7 Å². The lowest BCUT2D eigenvalue weighted by atomic mass is 10.2. The molecule has 170 valence electrons. The number of anilines is 1. The van der Waals surface area contributed by atoms with Crippen molar-refractivity contribution in [2.24, 2.45) is 0 Å². The highest BCUT2D eigenvalue weighted by Crippen LogP contribution is 2.17. The maximum Gasteiger partial charge on any atom is 0.244 e. The van der Waals surface area contributed by atoms with Crippen LogP contribution in [0.15, 0.2) is 73.1 Å². The van der Waals surface area contributed by atoms with Crippen molar-refractivity contribution in [1.29, 1.82) is 0 Å². The van der Waals surface area contributed by atoms with Crippen LogP contribution in [-0.4, -0.2) is 29.0 Å². The first kappa shape index (κ1) is 22.5. The van der Waals surface area contributed by atoms with E-state index in [-0.39, 0.29) is 5.91 Å².